The highest BCUT2D eigenvalue weighted by atomic mass is 32.1. The Kier molecular flexibility index (Phi) is 3.12. The average molecular weight is 287 g/mol. The molecule has 2 radical (unpaired) electrons. The van der Waals surface area contributed by atoms with Gasteiger partial charge in [-0.25, -0.2) is 4.99 Å². The normalized spacial score (nSPS) is 24.5. The van der Waals surface area contributed by atoms with Crippen LogP contribution in [0.3, 0.4) is 0 Å². The zero-order valence-corrected chi connectivity index (χ0v) is 10.7. The standard InChI is InChI=1S/C10H9BF3N3OS/c1-17-7(18)3-9(10(12,13)14,16-8(17)15)6-2-5(11)4-19-6/h2,4H,3H2,1H3,(H2,15,16)/t9-/m0/s1. The molecule has 0 unspecified atom stereocenters. The van der Waals surface area contributed by atoms with E-state index < -0.39 is 30.0 Å². The molecule has 1 atom stereocenters. The smallest absolute Gasteiger partial charge is 0.369 e. The molecule has 2 rings (SSSR count). The first kappa shape index (κ1) is 13.9. The number of carbonyl (C=O) groups is 1. The van der Waals surface area contributed by atoms with E-state index in [4.69, 9.17) is 13.6 Å². The highest BCUT2D eigenvalue weighted by Crippen LogP contribution is 2.48. The first-order valence-electron chi connectivity index (χ1n) is 5.20. The maximum absolute atomic E-state index is 13.4. The summed E-state index contributed by atoms with van der Waals surface area (Å²) in [4.78, 5) is 16.0. The molecule has 1 amide bonds. The van der Waals surface area contributed by atoms with Crippen molar-refractivity contribution in [2.75, 3.05) is 7.05 Å². The number of hydrogen-bond donors (Lipinski definition) is 1. The number of hydrogen-bond acceptors (Lipinski definition) is 4. The lowest BCUT2D eigenvalue weighted by atomic mass is 9.88. The molecule has 0 aromatic carbocycles. The van der Waals surface area contributed by atoms with Gasteiger partial charge in [-0.2, -0.15) is 13.2 Å². The van der Waals surface area contributed by atoms with Crippen LogP contribution in [0.5, 0.6) is 0 Å². The van der Waals surface area contributed by atoms with Crippen LogP contribution in [0.1, 0.15) is 11.3 Å². The Morgan fingerprint density at radius 3 is 2.63 bits per heavy atom. The number of aliphatic imine (C=N–C) groups is 1. The zero-order chi connectivity index (χ0) is 14.4. The van der Waals surface area contributed by atoms with Gasteiger partial charge < -0.3 is 5.73 Å². The number of nitrogens with two attached hydrogens (primary N) is 1. The molecule has 100 valence electrons. The monoisotopic (exact) mass is 287 g/mol. The van der Waals surface area contributed by atoms with E-state index in [1.165, 1.54) is 18.5 Å². The lowest BCUT2D eigenvalue weighted by molar-refractivity contribution is -0.194. The van der Waals surface area contributed by atoms with Crippen molar-refractivity contribution in [2.45, 2.75) is 18.1 Å². The number of thiophene rings is 1. The Labute approximate surface area is 112 Å². The molecule has 1 aliphatic heterocycles. The molecule has 1 aromatic rings. The Bertz CT molecular complexity index is 556. The first-order valence-corrected chi connectivity index (χ1v) is 6.08. The third kappa shape index (κ3) is 2.11. The van der Waals surface area contributed by atoms with Gasteiger partial charge in [0.1, 0.15) is 7.85 Å². The van der Waals surface area contributed by atoms with Crippen molar-refractivity contribution in [2.24, 2.45) is 10.7 Å². The lowest BCUT2D eigenvalue weighted by Gasteiger charge is -2.36. The SMILES string of the molecule is [B]c1csc([C@]2(C(F)(F)F)CC(=O)N(C)C(N)=N2)c1. The Hall–Kier alpha value is -1.51. The second-order valence-electron chi connectivity index (χ2n) is 4.20. The second kappa shape index (κ2) is 4.26. The summed E-state index contributed by atoms with van der Waals surface area (Å²) in [6, 6.07) is 1.17. The maximum atomic E-state index is 13.4. The number of nitrogens with zero attached hydrogens (tertiary/aromatic N) is 2. The minimum atomic E-state index is -4.73. The predicted molar refractivity (Wildman–Crippen MR) is 66.4 cm³/mol. The Balaban J connectivity index is 2.64. The summed E-state index contributed by atoms with van der Waals surface area (Å²) in [5, 5.41) is 1.37. The molecule has 2 heterocycles. The van der Waals surface area contributed by atoms with Crippen molar-refractivity contribution in [1.29, 1.82) is 0 Å². The number of alkyl halides is 3. The molecule has 9 heteroatoms. The van der Waals surface area contributed by atoms with Gasteiger partial charge >= 0.3 is 6.18 Å². The van der Waals surface area contributed by atoms with Crippen LogP contribution >= 0.6 is 11.3 Å². The lowest BCUT2D eigenvalue weighted by Crippen LogP contribution is -2.53. The molecule has 0 aliphatic carbocycles. The van der Waals surface area contributed by atoms with E-state index in [-0.39, 0.29) is 10.3 Å². The molecule has 0 saturated carbocycles. The molecule has 2 N–H and O–H groups in total. The molecule has 0 bridgehead atoms. The van der Waals surface area contributed by atoms with Gasteiger partial charge in [-0.3, -0.25) is 9.69 Å². The summed E-state index contributed by atoms with van der Waals surface area (Å²) in [7, 11) is 6.73. The van der Waals surface area contributed by atoms with Gasteiger partial charge in [0.15, 0.2) is 5.96 Å². The molecule has 0 saturated heterocycles. The van der Waals surface area contributed by atoms with Crippen molar-refractivity contribution >= 4 is 36.5 Å². The van der Waals surface area contributed by atoms with Crippen LogP contribution < -0.4 is 11.2 Å². The van der Waals surface area contributed by atoms with Gasteiger partial charge in [0.25, 0.3) is 0 Å². The van der Waals surface area contributed by atoms with E-state index in [2.05, 4.69) is 4.99 Å². The minimum Gasteiger partial charge on any atom is -0.369 e. The third-order valence-electron chi connectivity index (χ3n) is 2.93. The van der Waals surface area contributed by atoms with Crippen molar-refractivity contribution in [3.63, 3.8) is 0 Å². The molecular weight excluding hydrogens is 278 g/mol. The molecule has 1 aromatic heterocycles. The molecule has 19 heavy (non-hydrogen) atoms. The fraction of sp³-hybridized carbons (Fsp3) is 0.400. The summed E-state index contributed by atoms with van der Waals surface area (Å²) in [5.41, 5.74) is 2.98. The summed E-state index contributed by atoms with van der Waals surface area (Å²) in [6.45, 7) is 0. The van der Waals surface area contributed by atoms with Gasteiger partial charge in [0.05, 0.1) is 6.42 Å². The van der Waals surface area contributed by atoms with Crippen LogP contribution in [0.2, 0.25) is 0 Å². The molecule has 1 aliphatic rings. The van der Waals surface area contributed by atoms with Gasteiger partial charge in [-0.05, 0) is 5.38 Å². The van der Waals surface area contributed by atoms with E-state index in [1.54, 1.807) is 0 Å². The number of halogens is 3. The van der Waals surface area contributed by atoms with Crippen LogP contribution in [0.4, 0.5) is 13.2 Å². The number of carbonyl (C=O) groups excluding carboxylic acids is 1. The van der Waals surface area contributed by atoms with Gasteiger partial charge in [-0.15, -0.1) is 11.3 Å². The van der Waals surface area contributed by atoms with E-state index in [1.807, 2.05) is 0 Å². The van der Waals surface area contributed by atoms with Crippen molar-refractivity contribution in [1.82, 2.24) is 4.90 Å². The van der Waals surface area contributed by atoms with Gasteiger partial charge in [0, 0.05) is 11.9 Å². The highest BCUT2D eigenvalue weighted by molar-refractivity contribution is 7.11. The van der Waals surface area contributed by atoms with Gasteiger partial charge in [0.2, 0.25) is 11.4 Å². The van der Waals surface area contributed by atoms with Crippen LogP contribution in [0, 0.1) is 0 Å². The quantitative estimate of drug-likeness (QED) is 0.764. The van der Waals surface area contributed by atoms with Crippen LogP contribution in [-0.2, 0) is 10.3 Å². The first-order chi connectivity index (χ1) is 8.67. The van der Waals surface area contributed by atoms with Crippen molar-refractivity contribution in [3.8, 4) is 0 Å². The largest absolute Gasteiger partial charge is 0.419 e. The maximum Gasteiger partial charge on any atom is 0.419 e. The highest BCUT2D eigenvalue weighted by Gasteiger charge is 2.60. The van der Waals surface area contributed by atoms with Crippen LogP contribution in [0.15, 0.2) is 16.4 Å². The zero-order valence-electron chi connectivity index (χ0n) is 9.86. The average Bonchev–Trinajstić information content (AvgIpc) is 2.70. The number of rotatable bonds is 1. The van der Waals surface area contributed by atoms with E-state index in [0.717, 1.165) is 16.2 Å². The second-order valence-corrected chi connectivity index (χ2v) is 5.11. The summed E-state index contributed by atoms with van der Waals surface area (Å²) >= 11 is 0.809. The fourth-order valence-corrected chi connectivity index (χ4v) is 2.75. The van der Waals surface area contributed by atoms with Crippen molar-refractivity contribution < 1.29 is 18.0 Å². The summed E-state index contributed by atoms with van der Waals surface area (Å²) in [5.74, 6) is -1.20. The van der Waals surface area contributed by atoms with Crippen LogP contribution in [0.25, 0.3) is 0 Å². The fourth-order valence-electron chi connectivity index (χ4n) is 1.79. The third-order valence-corrected chi connectivity index (χ3v) is 4.03. The Morgan fingerprint density at radius 1 is 1.58 bits per heavy atom. The van der Waals surface area contributed by atoms with Crippen LogP contribution in [-0.4, -0.2) is 37.8 Å². The molecule has 0 fully saturated rings. The van der Waals surface area contributed by atoms with E-state index in [0.29, 0.717) is 0 Å². The summed E-state index contributed by atoms with van der Waals surface area (Å²) < 4.78 is 40.2. The topological polar surface area (TPSA) is 58.7 Å². The molecule has 4 nitrogen and oxygen atoms in total. The number of amides is 1. The minimum absolute atomic E-state index is 0.137. The summed E-state index contributed by atoms with van der Waals surface area (Å²) in [6.07, 6.45) is -5.54. The Morgan fingerprint density at radius 2 is 2.21 bits per heavy atom. The molecule has 0 spiro atoms. The van der Waals surface area contributed by atoms with Gasteiger partial charge in [-0.1, -0.05) is 11.5 Å². The predicted octanol–water partition coefficient (Wildman–Crippen LogP) is 0.476. The van der Waals surface area contributed by atoms with E-state index >= 15 is 0 Å². The number of guanidine groups is 1. The van der Waals surface area contributed by atoms with Crippen molar-refractivity contribution in [3.05, 3.63) is 16.3 Å². The molecular formula is C10H9BF3N3OS. The van der Waals surface area contributed by atoms with E-state index in [9.17, 15) is 18.0 Å².